The van der Waals surface area contributed by atoms with Gasteiger partial charge in [-0.3, -0.25) is 0 Å². The number of hydrogen-bond acceptors (Lipinski definition) is 1. The molecule has 18 heavy (non-hydrogen) atoms. The van der Waals surface area contributed by atoms with Crippen molar-refractivity contribution in [2.45, 2.75) is 33.7 Å². The topological polar surface area (TPSA) is 20.7 Å². The second kappa shape index (κ2) is 4.67. The number of aromatic nitrogens is 2. The van der Waals surface area contributed by atoms with Gasteiger partial charge in [-0.15, -0.1) is 0 Å². The summed E-state index contributed by atoms with van der Waals surface area (Å²) < 4.78 is 16.0. The predicted molar refractivity (Wildman–Crippen MR) is 76.2 cm³/mol. The molecular formula is C13H16ClFN2S. The van der Waals surface area contributed by atoms with E-state index in [4.69, 9.17) is 23.8 Å². The van der Waals surface area contributed by atoms with Crippen LogP contribution in [0.5, 0.6) is 0 Å². The SMILES string of the molecule is CCC(C)(C)Cn1c(=S)[nH]c2cc(F)c(Cl)cc21. The van der Waals surface area contributed by atoms with E-state index in [1.807, 2.05) is 4.57 Å². The van der Waals surface area contributed by atoms with Crippen LogP contribution in [0.3, 0.4) is 0 Å². The van der Waals surface area contributed by atoms with E-state index in [1.54, 1.807) is 6.07 Å². The molecule has 1 aromatic carbocycles. The normalized spacial score (nSPS) is 12.3. The number of hydrogen-bond donors (Lipinski definition) is 1. The Bertz CT molecular complexity index is 642. The lowest BCUT2D eigenvalue weighted by atomic mass is 9.90. The van der Waals surface area contributed by atoms with Crippen LogP contribution >= 0.6 is 23.8 Å². The molecule has 0 atom stereocenters. The average Bonchev–Trinajstić information content (AvgIpc) is 2.57. The lowest BCUT2D eigenvalue weighted by Crippen LogP contribution is -2.18. The number of benzene rings is 1. The molecular weight excluding hydrogens is 271 g/mol. The Kier molecular flexibility index (Phi) is 3.52. The van der Waals surface area contributed by atoms with Crippen molar-refractivity contribution in [1.29, 1.82) is 0 Å². The average molecular weight is 287 g/mol. The first-order valence-electron chi connectivity index (χ1n) is 5.91. The number of rotatable bonds is 3. The number of nitrogens with zero attached hydrogens (tertiary/aromatic N) is 1. The molecule has 0 amide bonds. The monoisotopic (exact) mass is 286 g/mol. The van der Waals surface area contributed by atoms with Crippen LogP contribution in [0.2, 0.25) is 5.02 Å². The number of nitrogens with one attached hydrogen (secondary N) is 1. The van der Waals surface area contributed by atoms with Gasteiger partial charge in [0.15, 0.2) is 4.77 Å². The highest BCUT2D eigenvalue weighted by atomic mass is 35.5. The fraction of sp³-hybridized carbons (Fsp3) is 0.462. The molecule has 2 aromatic rings. The number of H-pyrrole nitrogens is 1. The molecule has 0 saturated heterocycles. The van der Waals surface area contributed by atoms with Gasteiger partial charge in [0.25, 0.3) is 0 Å². The first-order valence-corrected chi connectivity index (χ1v) is 6.70. The van der Waals surface area contributed by atoms with Crippen LogP contribution in [0, 0.1) is 16.0 Å². The summed E-state index contributed by atoms with van der Waals surface area (Å²) in [6.07, 6.45) is 1.04. The lowest BCUT2D eigenvalue weighted by molar-refractivity contribution is 0.297. The van der Waals surface area contributed by atoms with Crippen LogP contribution in [0.4, 0.5) is 4.39 Å². The van der Waals surface area contributed by atoms with Gasteiger partial charge >= 0.3 is 0 Å². The molecule has 0 spiro atoms. The van der Waals surface area contributed by atoms with Crippen molar-refractivity contribution in [2.75, 3.05) is 0 Å². The van der Waals surface area contributed by atoms with Gasteiger partial charge in [0, 0.05) is 12.6 Å². The summed E-state index contributed by atoms with van der Waals surface area (Å²) >= 11 is 11.1. The summed E-state index contributed by atoms with van der Waals surface area (Å²) in [5.74, 6) is -0.428. The summed E-state index contributed by atoms with van der Waals surface area (Å²) in [7, 11) is 0. The number of aromatic amines is 1. The molecule has 1 N–H and O–H groups in total. The van der Waals surface area contributed by atoms with E-state index < -0.39 is 5.82 Å². The van der Waals surface area contributed by atoms with Crippen molar-refractivity contribution in [3.63, 3.8) is 0 Å². The molecule has 0 bridgehead atoms. The smallest absolute Gasteiger partial charge is 0.178 e. The van der Waals surface area contributed by atoms with Crippen LogP contribution in [-0.2, 0) is 6.54 Å². The molecule has 5 heteroatoms. The third-order valence-corrected chi connectivity index (χ3v) is 3.97. The second-order valence-electron chi connectivity index (χ2n) is 5.32. The van der Waals surface area contributed by atoms with Gasteiger partial charge in [-0.25, -0.2) is 4.39 Å². The van der Waals surface area contributed by atoms with Crippen molar-refractivity contribution >= 4 is 34.9 Å². The molecule has 1 aromatic heterocycles. The van der Waals surface area contributed by atoms with Crippen molar-refractivity contribution in [3.8, 4) is 0 Å². The molecule has 0 fully saturated rings. The molecule has 0 aliphatic carbocycles. The Hall–Kier alpha value is -0.870. The van der Waals surface area contributed by atoms with Crippen LogP contribution < -0.4 is 0 Å². The van der Waals surface area contributed by atoms with Gasteiger partial charge in [0.2, 0.25) is 0 Å². The van der Waals surface area contributed by atoms with E-state index in [2.05, 4.69) is 25.8 Å². The second-order valence-corrected chi connectivity index (χ2v) is 6.11. The quantitative estimate of drug-likeness (QED) is 0.794. The van der Waals surface area contributed by atoms with Crippen LogP contribution in [0.25, 0.3) is 11.0 Å². The van der Waals surface area contributed by atoms with E-state index >= 15 is 0 Å². The van der Waals surface area contributed by atoms with Gasteiger partial charge < -0.3 is 9.55 Å². The predicted octanol–water partition coefficient (Wildman–Crippen LogP) is 4.93. The largest absolute Gasteiger partial charge is 0.330 e. The minimum Gasteiger partial charge on any atom is -0.330 e. The van der Waals surface area contributed by atoms with E-state index in [-0.39, 0.29) is 10.4 Å². The standard InChI is InChI=1S/C13H16ClFN2S/c1-4-13(2,3)7-17-11-5-8(14)9(15)6-10(11)16-12(17)18/h5-6H,4,7H2,1-3H3,(H,16,18). The van der Waals surface area contributed by atoms with Crippen molar-refractivity contribution < 1.29 is 4.39 Å². The number of imidazole rings is 1. The summed E-state index contributed by atoms with van der Waals surface area (Å²) in [6, 6.07) is 3.02. The zero-order valence-corrected chi connectivity index (χ0v) is 12.3. The van der Waals surface area contributed by atoms with Crippen LogP contribution in [0.1, 0.15) is 27.2 Å². The maximum Gasteiger partial charge on any atom is 0.178 e. The molecule has 0 aliphatic rings. The summed E-state index contributed by atoms with van der Waals surface area (Å²) in [4.78, 5) is 3.02. The molecule has 0 unspecified atom stereocenters. The summed E-state index contributed by atoms with van der Waals surface area (Å²) in [5, 5.41) is 0.125. The number of fused-ring (bicyclic) bond motifs is 1. The van der Waals surface area contributed by atoms with Crippen LogP contribution in [0.15, 0.2) is 12.1 Å². The fourth-order valence-electron chi connectivity index (χ4n) is 1.85. The van der Waals surface area contributed by atoms with Gasteiger partial charge in [-0.2, -0.15) is 0 Å². The molecule has 0 saturated carbocycles. The zero-order valence-electron chi connectivity index (χ0n) is 10.7. The van der Waals surface area contributed by atoms with Crippen LogP contribution in [-0.4, -0.2) is 9.55 Å². The van der Waals surface area contributed by atoms with E-state index in [0.29, 0.717) is 10.3 Å². The molecule has 1 heterocycles. The maximum atomic E-state index is 13.4. The first-order chi connectivity index (χ1) is 8.34. The van der Waals surface area contributed by atoms with E-state index in [9.17, 15) is 4.39 Å². The fourth-order valence-corrected chi connectivity index (χ4v) is 2.28. The van der Waals surface area contributed by atoms with Crippen molar-refractivity contribution in [1.82, 2.24) is 9.55 Å². The van der Waals surface area contributed by atoms with Gasteiger partial charge in [-0.1, -0.05) is 32.4 Å². The molecule has 0 aliphatic heterocycles. The van der Waals surface area contributed by atoms with Crippen molar-refractivity contribution in [2.24, 2.45) is 5.41 Å². The maximum absolute atomic E-state index is 13.4. The van der Waals surface area contributed by atoms with E-state index in [0.717, 1.165) is 18.5 Å². The Labute approximate surface area is 116 Å². The molecule has 0 radical (unpaired) electrons. The van der Waals surface area contributed by atoms with Gasteiger partial charge in [-0.05, 0) is 30.1 Å². The highest BCUT2D eigenvalue weighted by Crippen LogP contribution is 2.27. The third kappa shape index (κ3) is 2.45. The Morgan fingerprint density at radius 1 is 1.44 bits per heavy atom. The summed E-state index contributed by atoms with van der Waals surface area (Å²) in [6.45, 7) is 7.28. The highest BCUT2D eigenvalue weighted by molar-refractivity contribution is 7.71. The van der Waals surface area contributed by atoms with E-state index in [1.165, 1.54) is 6.07 Å². The minimum absolute atomic E-state index is 0.125. The minimum atomic E-state index is -0.428. The first kappa shape index (κ1) is 13.6. The highest BCUT2D eigenvalue weighted by Gasteiger charge is 2.18. The number of halogens is 2. The summed E-state index contributed by atoms with van der Waals surface area (Å²) in [5.41, 5.74) is 1.68. The lowest BCUT2D eigenvalue weighted by Gasteiger charge is -2.23. The van der Waals surface area contributed by atoms with Gasteiger partial charge in [0.1, 0.15) is 5.82 Å². The molecule has 2 nitrogen and oxygen atoms in total. The van der Waals surface area contributed by atoms with Gasteiger partial charge in [0.05, 0.1) is 16.1 Å². The Morgan fingerprint density at radius 3 is 2.72 bits per heavy atom. The zero-order chi connectivity index (χ0) is 13.5. The Morgan fingerprint density at radius 2 is 2.11 bits per heavy atom. The third-order valence-electron chi connectivity index (χ3n) is 3.36. The molecule has 98 valence electrons. The molecule has 2 rings (SSSR count). The van der Waals surface area contributed by atoms with Crippen molar-refractivity contribution in [3.05, 3.63) is 27.7 Å². The Balaban J connectivity index is 2.60.